The van der Waals surface area contributed by atoms with Crippen molar-refractivity contribution >= 4 is 23.2 Å². The van der Waals surface area contributed by atoms with E-state index >= 15 is 0 Å². The highest BCUT2D eigenvalue weighted by Gasteiger charge is 2.44. The Morgan fingerprint density at radius 1 is 1.43 bits per heavy atom. The number of halogens is 2. The molecular formula is C16H18Cl2N2O3. The van der Waals surface area contributed by atoms with Gasteiger partial charge in [-0.2, -0.15) is 0 Å². The molecule has 7 heteroatoms. The van der Waals surface area contributed by atoms with Crippen LogP contribution in [-0.4, -0.2) is 34.0 Å². The van der Waals surface area contributed by atoms with Crippen molar-refractivity contribution in [2.45, 2.75) is 24.7 Å². The molecule has 2 aromatic rings. The fourth-order valence-electron chi connectivity index (χ4n) is 2.78. The lowest BCUT2D eigenvalue weighted by Crippen LogP contribution is -2.30. The number of hydrogen-bond donors (Lipinski definition) is 1. The van der Waals surface area contributed by atoms with E-state index in [1.165, 1.54) is 0 Å². The number of aromatic nitrogens is 2. The number of benzene rings is 1. The summed E-state index contributed by atoms with van der Waals surface area (Å²) in [5, 5.41) is 10.4. The summed E-state index contributed by atoms with van der Waals surface area (Å²) in [4.78, 5) is 4.12. The van der Waals surface area contributed by atoms with Gasteiger partial charge in [0.05, 0.1) is 24.6 Å². The molecular weight excluding hydrogens is 339 g/mol. The summed E-state index contributed by atoms with van der Waals surface area (Å²) in [5.41, 5.74) is 1.79. The molecule has 3 rings (SSSR count). The summed E-state index contributed by atoms with van der Waals surface area (Å²) >= 11 is 12.3. The van der Waals surface area contributed by atoms with E-state index in [9.17, 15) is 5.11 Å². The first kappa shape index (κ1) is 16.7. The maximum absolute atomic E-state index is 9.38. The molecule has 5 nitrogen and oxygen atoms in total. The second-order valence-corrected chi connectivity index (χ2v) is 6.45. The Kier molecular flexibility index (Phi) is 4.94. The Morgan fingerprint density at radius 3 is 2.87 bits per heavy atom. The summed E-state index contributed by atoms with van der Waals surface area (Å²) in [6, 6.07) is 5.24. The Bertz CT molecular complexity index is 692. The first-order chi connectivity index (χ1) is 11.0. The first-order valence-electron chi connectivity index (χ1n) is 7.37. The molecule has 1 N–H and O–H groups in total. The maximum atomic E-state index is 9.38. The fourth-order valence-corrected chi connectivity index (χ4v) is 3.33. The minimum Gasteiger partial charge on any atom is -0.394 e. The molecule has 0 bridgehead atoms. The van der Waals surface area contributed by atoms with Gasteiger partial charge in [-0.25, -0.2) is 4.98 Å². The van der Waals surface area contributed by atoms with Crippen LogP contribution in [0.1, 0.15) is 17.7 Å². The molecule has 2 atom stereocenters. The lowest BCUT2D eigenvalue weighted by molar-refractivity contribution is -0.184. The lowest BCUT2D eigenvalue weighted by Gasteiger charge is -2.29. The Hall–Kier alpha value is -1.11. The number of aryl methyl sites for hydroxylation is 2. The summed E-state index contributed by atoms with van der Waals surface area (Å²) in [6.45, 7) is 0.222. The van der Waals surface area contributed by atoms with E-state index in [4.69, 9.17) is 32.7 Å². The monoisotopic (exact) mass is 356 g/mol. The molecule has 1 fully saturated rings. The molecule has 124 valence electrons. The van der Waals surface area contributed by atoms with Crippen molar-refractivity contribution < 1.29 is 14.6 Å². The zero-order chi connectivity index (χ0) is 16.4. The normalized spacial score (nSPS) is 24.3. The summed E-state index contributed by atoms with van der Waals surface area (Å²) in [7, 11) is 1.94. The van der Waals surface area contributed by atoms with Crippen LogP contribution < -0.4 is 0 Å². The lowest BCUT2D eigenvalue weighted by atomic mass is 9.99. The summed E-state index contributed by atoms with van der Waals surface area (Å²) in [6.07, 6.45) is 4.46. The predicted octanol–water partition coefficient (Wildman–Crippen LogP) is 2.92. The number of hydrogen-bond acceptors (Lipinski definition) is 4. The molecule has 2 heterocycles. The maximum Gasteiger partial charge on any atom is 0.197 e. The van der Waals surface area contributed by atoms with Crippen LogP contribution in [0.25, 0.3) is 0 Å². The minimum absolute atomic E-state index is 0.0985. The van der Waals surface area contributed by atoms with E-state index in [0.717, 1.165) is 11.3 Å². The highest BCUT2D eigenvalue weighted by molar-refractivity contribution is 6.35. The van der Waals surface area contributed by atoms with E-state index in [1.807, 2.05) is 23.9 Å². The van der Waals surface area contributed by atoms with Gasteiger partial charge in [0, 0.05) is 35.9 Å². The van der Waals surface area contributed by atoms with Crippen LogP contribution in [0.3, 0.4) is 0 Å². The van der Waals surface area contributed by atoms with Gasteiger partial charge in [0.25, 0.3) is 0 Å². The standard InChI is InChI=1S/C16H18Cl2N2O3/c1-20-10-19-7-12(20)4-5-16(22-9-13(8-21)23-16)14-3-2-11(17)6-15(14)18/h2-3,6-7,10,13,21H,4-5,8-9H2,1H3/t13-,16+/m1/s1. The second-order valence-electron chi connectivity index (χ2n) is 5.61. The molecule has 23 heavy (non-hydrogen) atoms. The topological polar surface area (TPSA) is 56.5 Å². The van der Waals surface area contributed by atoms with Gasteiger partial charge in [0.2, 0.25) is 0 Å². The molecule has 1 saturated heterocycles. The number of aliphatic hydroxyl groups is 1. The summed E-state index contributed by atoms with van der Waals surface area (Å²) in [5.74, 6) is -0.987. The molecule has 0 amide bonds. The largest absolute Gasteiger partial charge is 0.394 e. The number of ether oxygens (including phenoxy) is 2. The molecule has 0 radical (unpaired) electrons. The van der Waals surface area contributed by atoms with Gasteiger partial charge in [0.1, 0.15) is 6.10 Å². The average Bonchev–Trinajstić information content (AvgIpc) is 3.12. The van der Waals surface area contributed by atoms with E-state index in [2.05, 4.69) is 4.98 Å². The SMILES string of the molecule is Cn1cncc1CC[C@]1(c2ccc(Cl)cc2Cl)OC[C@@H](CO)O1. The zero-order valence-corrected chi connectivity index (χ0v) is 14.2. The third-order valence-corrected chi connectivity index (χ3v) is 4.58. The molecule has 0 aliphatic carbocycles. The van der Waals surface area contributed by atoms with E-state index in [-0.39, 0.29) is 12.7 Å². The number of nitrogens with zero attached hydrogens (tertiary/aromatic N) is 2. The minimum atomic E-state index is -0.987. The van der Waals surface area contributed by atoms with Gasteiger partial charge in [-0.15, -0.1) is 0 Å². The Labute approximate surface area is 144 Å². The van der Waals surface area contributed by atoms with E-state index in [0.29, 0.717) is 29.5 Å². The van der Waals surface area contributed by atoms with Crippen LogP contribution >= 0.6 is 23.2 Å². The number of aliphatic hydroxyl groups excluding tert-OH is 1. The quantitative estimate of drug-likeness (QED) is 0.894. The van der Waals surface area contributed by atoms with Gasteiger partial charge in [-0.05, 0) is 18.6 Å². The number of rotatable bonds is 5. The van der Waals surface area contributed by atoms with Crippen LogP contribution in [-0.2, 0) is 28.7 Å². The van der Waals surface area contributed by atoms with Gasteiger partial charge in [0.15, 0.2) is 5.79 Å². The predicted molar refractivity (Wildman–Crippen MR) is 87.6 cm³/mol. The number of imidazole rings is 1. The van der Waals surface area contributed by atoms with Crippen molar-refractivity contribution in [3.63, 3.8) is 0 Å². The molecule has 1 aromatic heterocycles. The molecule has 0 saturated carbocycles. The third-order valence-electron chi connectivity index (χ3n) is 4.03. The van der Waals surface area contributed by atoms with Crippen molar-refractivity contribution in [2.75, 3.05) is 13.2 Å². The van der Waals surface area contributed by atoms with Crippen molar-refractivity contribution in [1.82, 2.24) is 9.55 Å². The van der Waals surface area contributed by atoms with Gasteiger partial charge in [-0.1, -0.05) is 29.3 Å². The van der Waals surface area contributed by atoms with Gasteiger partial charge in [-0.3, -0.25) is 0 Å². The van der Waals surface area contributed by atoms with Crippen LogP contribution in [0.5, 0.6) is 0 Å². The van der Waals surface area contributed by atoms with Crippen molar-refractivity contribution in [3.8, 4) is 0 Å². The van der Waals surface area contributed by atoms with Gasteiger partial charge >= 0.3 is 0 Å². The Morgan fingerprint density at radius 2 is 2.26 bits per heavy atom. The van der Waals surface area contributed by atoms with Crippen LogP contribution in [0, 0.1) is 0 Å². The fraction of sp³-hybridized carbons (Fsp3) is 0.438. The van der Waals surface area contributed by atoms with Crippen LogP contribution in [0.15, 0.2) is 30.7 Å². The van der Waals surface area contributed by atoms with E-state index in [1.54, 1.807) is 18.5 Å². The van der Waals surface area contributed by atoms with Crippen molar-refractivity contribution in [1.29, 1.82) is 0 Å². The average molecular weight is 357 g/mol. The smallest absolute Gasteiger partial charge is 0.197 e. The van der Waals surface area contributed by atoms with E-state index < -0.39 is 5.79 Å². The molecule has 0 spiro atoms. The summed E-state index contributed by atoms with van der Waals surface area (Å²) < 4.78 is 13.9. The van der Waals surface area contributed by atoms with Crippen molar-refractivity contribution in [3.05, 3.63) is 52.0 Å². The first-order valence-corrected chi connectivity index (χ1v) is 8.13. The molecule has 1 aliphatic rings. The highest BCUT2D eigenvalue weighted by atomic mass is 35.5. The Balaban J connectivity index is 1.90. The second kappa shape index (κ2) is 6.79. The zero-order valence-electron chi connectivity index (χ0n) is 12.7. The third kappa shape index (κ3) is 3.39. The van der Waals surface area contributed by atoms with Crippen LogP contribution in [0.2, 0.25) is 10.0 Å². The van der Waals surface area contributed by atoms with Crippen molar-refractivity contribution in [2.24, 2.45) is 7.05 Å². The molecule has 0 unspecified atom stereocenters. The highest BCUT2D eigenvalue weighted by Crippen LogP contribution is 2.42. The molecule has 1 aromatic carbocycles. The van der Waals surface area contributed by atoms with Crippen LogP contribution in [0.4, 0.5) is 0 Å². The molecule has 1 aliphatic heterocycles. The van der Waals surface area contributed by atoms with Gasteiger partial charge < -0.3 is 19.1 Å².